The number of rotatable bonds is 4. The maximum atomic E-state index is 6.64. The van der Waals surface area contributed by atoms with Gasteiger partial charge in [-0.25, -0.2) is 0 Å². The zero-order chi connectivity index (χ0) is 10.6. The SMILES string of the molecule is CCCC(C)C1(N)CCCCC1CC. The molecule has 1 saturated carbocycles. The van der Waals surface area contributed by atoms with E-state index in [0.29, 0.717) is 5.92 Å². The average Bonchev–Trinajstić information content (AvgIpc) is 2.19. The molecule has 0 spiro atoms. The van der Waals surface area contributed by atoms with Crippen LogP contribution in [0, 0.1) is 11.8 Å². The predicted molar refractivity (Wildman–Crippen MR) is 63.2 cm³/mol. The highest BCUT2D eigenvalue weighted by atomic mass is 14.8. The molecule has 0 aromatic carbocycles. The van der Waals surface area contributed by atoms with E-state index in [1.54, 1.807) is 0 Å². The van der Waals surface area contributed by atoms with Crippen molar-refractivity contribution in [1.82, 2.24) is 0 Å². The second-order valence-electron chi connectivity index (χ2n) is 5.15. The summed E-state index contributed by atoms with van der Waals surface area (Å²) >= 11 is 0. The summed E-state index contributed by atoms with van der Waals surface area (Å²) in [7, 11) is 0. The summed E-state index contributed by atoms with van der Waals surface area (Å²) in [5.41, 5.74) is 6.80. The minimum atomic E-state index is 0.156. The van der Waals surface area contributed by atoms with Crippen molar-refractivity contribution in [3.8, 4) is 0 Å². The zero-order valence-electron chi connectivity index (χ0n) is 10.2. The molecule has 0 aliphatic heterocycles. The van der Waals surface area contributed by atoms with Gasteiger partial charge in [0, 0.05) is 5.54 Å². The first-order valence-corrected chi connectivity index (χ1v) is 6.44. The van der Waals surface area contributed by atoms with Gasteiger partial charge in [0.1, 0.15) is 0 Å². The van der Waals surface area contributed by atoms with Gasteiger partial charge in [-0.2, -0.15) is 0 Å². The lowest BCUT2D eigenvalue weighted by atomic mass is 9.65. The molecule has 1 fully saturated rings. The van der Waals surface area contributed by atoms with E-state index >= 15 is 0 Å². The van der Waals surface area contributed by atoms with E-state index < -0.39 is 0 Å². The van der Waals surface area contributed by atoms with Crippen LogP contribution in [-0.4, -0.2) is 5.54 Å². The Morgan fingerprint density at radius 1 is 1.36 bits per heavy atom. The van der Waals surface area contributed by atoms with Crippen LogP contribution in [0.5, 0.6) is 0 Å². The Labute approximate surface area is 89.5 Å². The van der Waals surface area contributed by atoms with Gasteiger partial charge in [0.05, 0.1) is 0 Å². The Hall–Kier alpha value is -0.0400. The lowest BCUT2D eigenvalue weighted by Crippen LogP contribution is -2.54. The smallest absolute Gasteiger partial charge is 0.0208 e. The highest BCUT2D eigenvalue weighted by Crippen LogP contribution is 2.40. The summed E-state index contributed by atoms with van der Waals surface area (Å²) < 4.78 is 0. The lowest BCUT2D eigenvalue weighted by molar-refractivity contribution is 0.115. The van der Waals surface area contributed by atoms with Gasteiger partial charge in [0.15, 0.2) is 0 Å². The minimum absolute atomic E-state index is 0.156. The highest BCUT2D eigenvalue weighted by molar-refractivity contribution is 4.97. The first-order chi connectivity index (χ1) is 6.65. The van der Waals surface area contributed by atoms with Crippen molar-refractivity contribution in [2.75, 3.05) is 0 Å². The molecule has 0 aromatic rings. The van der Waals surface area contributed by atoms with Gasteiger partial charge < -0.3 is 5.73 Å². The van der Waals surface area contributed by atoms with E-state index in [4.69, 9.17) is 5.73 Å². The third kappa shape index (κ3) is 2.31. The fraction of sp³-hybridized carbons (Fsp3) is 1.00. The van der Waals surface area contributed by atoms with Crippen molar-refractivity contribution in [2.45, 2.75) is 71.3 Å². The molecular formula is C13H27N. The van der Waals surface area contributed by atoms with Crippen molar-refractivity contribution < 1.29 is 0 Å². The third-order valence-electron chi connectivity index (χ3n) is 4.30. The van der Waals surface area contributed by atoms with Gasteiger partial charge >= 0.3 is 0 Å². The largest absolute Gasteiger partial charge is 0.325 e. The number of hydrogen-bond donors (Lipinski definition) is 1. The van der Waals surface area contributed by atoms with E-state index in [0.717, 1.165) is 5.92 Å². The summed E-state index contributed by atoms with van der Waals surface area (Å²) in [5.74, 6) is 1.48. The molecular weight excluding hydrogens is 170 g/mol. The fourth-order valence-electron chi connectivity index (χ4n) is 3.23. The topological polar surface area (TPSA) is 26.0 Å². The van der Waals surface area contributed by atoms with Gasteiger partial charge in [0.2, 0.25) is 0 Å². The minimum Gasteiger partial charge on any atom is -0.325 e. The molecule has 0 aromatic heterocycles. The molecule has 84 valence electrons. The molecule has 0 saturated heterocycles. The molecule has 2 N–H and O–H groups in total. The van der Waals surface area contributed by atoms with Gasteiger partial charge in [-0.05, 0) is 31.1 Å². The van der Waals surface area contributed by atoms with Crippen LogP contribution in [0.15, 0.2) is 0 Å². The Bertz CT molecular complexity index is 167. The summed E-state index contributed by atoms with van der Waals surface area (Å²) in [6.45, 7) is 6.93. The van der Waals surface area contributed by atoms with E-state index in [-0.39, 0.29) is 5.54 Å². The first-order valence-electron chi connectivity index (χ1n) is 6.44. The predicted octanol–water partition coefficient (Wildman–Crippen LogP) is 3.72. The molecule has 0 heterocycles. The van der Waals surface area contributed by atoms with Crippen LogP contribution in [0.2, 0.25) is 0 Å². The van der Waals surface area contributed by atoms with Crippen molar-refractivity contribution in [2.24, 2.45) is 17.6 Å². The monoisotopic (exact) mass is 197 g/mol. The van der Waals surface area contributed by atoms with Gasteiger partial charge in [-0.15, -0.1) is 0 Å². The summed E-state index contributed by atoms with van der Waals surface area (Å²) in [6.07, 6.45) is 9.21. The molecule has 3 unspecified atom stereocenters. The van der Waals surface area contributed by atoms with Crippen LogP contribution >= 0.6 is 0 Å². The maximum Gasteiger partial charge on any atom is 0.0208 e. The highest BCUT2D eigenvalue weighted by Gasteiger charge is 2.39. The molecule has 1 aliphatic carbocycles. The van der Waals surface area contributed by atoms with Crippen LogP contribution in [0.3, 0.4) is 0 Å². The number of nitrogens with two attached hydrogens (primary N) is 1. The van der Waals surface area contributed by atoms with Crippen LogP contribution in [0.4, 0.5) is 0 Å². The molecule has 1 nitrogen and oxygen atoms in total. The molecule has 1 heteroatoms. The summed E-state index contributed by atoms with van der Waals surface area (Å²) in [4.78, 5) is 0. The molecule has 0 amide bonds. The Morgan fingerprint density at radius 3 is 2.64 bits per heavy atom. The molecule has 1 aliphatic rings. The molecule has 0 radical (unpaired) electrons. The third-order valence-corrected chi connectivity index (χ3v) is 4.30. The van der Waals surface area contributed by atoms with E-state index in [2.05, 4.69) is 20.8 Å². The zero-order valence-corrected chi connectivity index (χ0v) is 10.2. The molecule has 0 bridgehead atoms. The molecule has 1 rings (SSSR count). The molecule has 3 atom stereocenters. The van der Waals surface area contributed by atoms with Gasteiger partial charge in [0.25, 0.3) is 0 Å². The van der Waals surface area contributed by atoms with Gasteiger partial charge in [-0.3, -0.25) is 0 Å². The Kier molecular flexibility index (Phi) is 4.43. The van der Waals surface area contributed by atoms with Crippen molar-refractivity contribution in [3.05, 3.63) is 0 Å². The summed E-state index contributed by atoms with van der Waals surface area (Å²) in [6, 6.07) is 0. The van der Waals surface area contributed by atoms with Crippen LogP contribution in [0.25, 0.3) is 0 Å². The van der Waals surface area contributed by atoms with Crippen LogP contribution < -0.4 is 5.73 Å². The second kappa shape index (κ2) is 5.16. The average molecular weight is 197 g/mol. The fourth-order valence-corrected chi connectivity index (χ4v) is 3.23. The standard InChI is InChI=1S/C13H27N/c1-4-8-11(3)13(14)10-7-6-9-12(13)5-2/h11-12H,4-10,14H2,1-3H3. The van der Waals surface area contributed by atoms with E-state index in [9.17, 15) is 0 Å². The Balaban J connectivity index is 2.66. The first kappa shape index (κ1) is 12.0. The quantitative estimate of drug-likeness (QED) is 0.730. The second-order valence-corrected chi connectivity index (χ2v) is 5.15. The van der Waals surface area contributed by atoms with Crippen molar-refractivity contribution in [1.29, 1.82) is 0 Å². The Morgan fingerprint density at radius 2 is 2.07 bits per heavy atom. The maximum absolute atomic E-state index is 6.64. The van der Waals surface area contributed by atoms with Crippen LogP contribution in [-0.2, 0) is 0 Å². The number of hydrogen-bond acceptors (Lipinski definition) is 1. The van der Waals surface area contributed by atoms with Crippen molar-refractivity contribution >= 4 is 0 Å². The summed E-state index contributed by atoms with van der Waals surface area (Å²) in [5, 5.41) is 0. The van der Waals surface area contributed by atoms with E-state index in [1.807, 2.05) is 0 Å². The lowest BCUT2D eigenvalue weighted by Gasteiger charge is -2.45. The molecule has 14 heavy (non-hydrogen) atoms. The van der Waals surface area contributed by atoms with Gasteiger partial charge in [-0.1, -0.05) is 46.5 Å². The van der Waals surface area contributed by atoms with E-state index in [1.165, 1.54) is 44.9 Å². The van der Waals surface area contributed by atoms with Crippen LogP contribution in [0.1, 0.15) is 65.7 Å². The van der Waals surface area contributed by atoms with Crippen molar-refractivity contribution in [3.63, 3.8) is 0 Å². The normalized spacial score (nSPS) is 35.6.